The van der Waals surface area contributed by atoms with E-state index in [9.17, 15) is 22.4 Å². The van der Waals surface area contributed by atoms with Crippen LogP contribution in [0.2, 0.25) is 0 Å². The molecule has 1 N–H and O–H groups in total. The summed E-state index contributed by atoms with van der Waals surface area (Å²) < 4.78 is 60.1. The molecule has 1 amide bonds. The van der Waals surface area contributed by atoms with Crippen LogP contribution in [0.25, 0.3) is 5.82 Å². The van der Waals surface area contributed by atoms with Crippen LogP contribution in [-0.2, 0) is 12.7 Å². The van der Waals surface area contributed by atoms with E-state index in [4.69, 9.17) is 4.74 Å². The number of carbonyl (C=O) groups excluding carboxylic acids is 1. The molecule has 0 aliphatic carbocycles. The minimum atomic E-state index is -4.90. The number of benzene rings is 1. The van der Waals surface area contributed by atoms with Gasteiger partial charge in [0.25, 0.3) is 5.91 Å². The Morgan fingerprint density at radius 3 is 2.62 bits per heavy atom. The first-order valence-electron chi connectivity index (χ1n) is 7.96. The highest BCUT2D eigenvalue weighted by molar-refractivity contribution is 9.10. The molecule has 0 fully saturated rings. The number of aromatic nitrogens is 4. The second kappa shape index (κ2) is 8.15. The summed E-state index contributed by atoms with van der Waals surface area (Å²) in [6.07, 6.45) is -4.12. The van der Waals surface area contributed by atoms with Crippen molar-refractivity contribution in [3.05, 3.63) is 63.6 Å². The van der Waals surface area contributed by atoms with Crippen molar-refractivity contribution in [1.29, 1.82) is 0 Å². The lowest BCUT2D eigenvalue weighted by atomic mass is 10.2. The van der Waals surface area contributed by atoms with Gasteiger partial charge in [0.1, 0.15) is 5.82 Å². The number of nitrogens with one attached hydrogen (secondary N) is 1. The Hall–Kier alpha value is -3.02. The molecule has 2 heterocycles. The summed E-state index contributed by atoms with van der Waals surface area (Å²) in [4.78, 5) is 12.4. The van der Waals surface area contributed by atoms with E-state index in [0.29, 0.717) is 14.7 Å². The van der Waals surface area contributed by atoms with Crippen molar-refractivity contribution in [3.63, 3.8) is 0 Å². The van der Waals surface area contributed by atoms with Crippen LogP contribution in [0.3, 0.4) is 0 Å². The summed E-state index contributed by atoms with van der Waals surface area (Å²) in [5.41, 5.74) is -1.66. The third kappa shape index (κ3) is 4.53. The molecule has 0 saturated heterocycles. The quantitative estimate of drug-likeness (QED) is 0.573. The van der Waals surface area contributed by atoms with Gasteiger partial charge in [-0.3, -0.25) is 4.79 Å². The molecule has 0 spiro atoms. The molecule has 12 heteroatoms. The maximum Gasteiger partial charge on any atom is 0.434 e. The van der Waals surface area contributed by atoms with Crippen molar-refractivity contribution < 1.29 is 27.1 Å². The lowest BCUT2D eigenvalue weighted by Gasteiger charge is -2.12. The smallest absolute Gasteiger partial charge is 0.434 e. The van der Waals surface area contributed by atoms with Gasteiger partial charge in [0, 0.05) is 17.1 Å². The summed E-state index contributed by atoms with van der Waals surface area (Å²) in [5, 5.41) is 13.2. The van der Waals surface area contributed by atoms with Crippen LogP contribution in [0.15, 0.2) is 41.0 Å². The fourth-order valence-electron chi connectivity index (χ4n) is 2.45. The summed E-state index contributed by atoms with van der Waals surface area (Å²) in [6, 6.07) is 6.33. The normalized spacial score (nSPS) is 11.4. The second-order valence-electron chi connectivity index (χ2n) is 5.67. The highest BCUT2D eigenvalue weighted by Gasteiger charge is 2.41. The molecule has 7 nitrogen and oxygen atoms in total. The Morgan fingerprint density at radius 2 is 2.00 bits per heavy atom. The number of halogens is 5. The Morgan fingerprint density at radius 1 is 1.24 bits per heavy atom. The van der Waals surface area contributed by atoms with Gasteiger partial charge in [-0.15, -0.1) is 10.2 Å². The number of alkyl halides is 3. The molecule has 152 valence electrons. The van der Waals surface area contributed by atoms with Crippen LogP contribution in [0.4, 0.5) is 17.6 Å². The largest absolute Gasteiger partial charge is 0.480 e. The van der Waals surface area contributed by atoms with Crippen molar-refractivity contribution in [2.24, 2.45) is 0 Å². The monoisotopic (exact) mass is 473 g/mol. The third-order valence-electron chi connectivity index (χ3n) is 3.78. The molecule has 1 aromatic carbocycles. The molecule has 0 atom stereocenters. The fraction of sp³-hybridized carbons (Fsp3) is 0.176. The number of ether oxygens (including phenoxy) is 1. The summed E-state index contributed by atoms with van der Waals surface area (Å²) in [7, 11) is 1.33. The Balaban J connectivity index is 1.91. The SMILES string of the molecule is COc1ccc(-n2ncc(C(=O)NCc3cc(F)ccc3Br)c2C(F)(F)F)nn1. The molecule has 3 aromatic rings. The topological polar surface area (TPSA) is 81.9 Å². The molecule has 3 rings (SSSR count). The third-order valence-corrected chi connectivity index (χ3v) is 4.56. The molecule has 0 saturated carbocycles. The van der Waals surface area contributed by atoms with E-state index >= 15 is 0 Å². The van der Waals surface area contributed by atoms with E-state index in [1.165, 1.54) is 31.4 Å². The zero-order valence-electron chi connectivity index (χ0n) is 14.7. The lowest BCUT2D eigenvalue weighted by molar-refractivity contribution is -0.143. The van der Waals surface area contributed by atoms with Gasteiger partial charge >= 0.3 is 6.18 Å². The van der Waals surface area contributed by atoms with Crippen molar-refractivity contribution in [2.75, 3.05) is 7.11 Å². The van der Waals surface area contributed by atoms with E-state index in [2.05, 4.69) is 36.5 Å². The Bertz CT molecular complexity index is 1040. The molecular formula is C17H12BrF4N5O2. The van der Waals surface area contributed by atoms with Gasteiger partial charge in [-0.1, -0.05) is 15.9 Å². The van der Waals surface area contributed by atoms with E-state index in [-0.39, 0.29) is 18.2 Å². The molecule has 0 aliphatic heterocycles. The summed E-state index contributed by atoms with van der Waals surface area (Å²) >= 11 is 3.19. The van der Waals surface area contributed by atoms with Gasteiger partial charge in [-0.2, -0.15) is 18.3 Å². The molecule has 0 radical (unpaired) electrons. The minimum Gasteiger partial charge on any atom is -0.480 e. The lowest BCUT2D eigenvalue weighted by Crippen LogP contribution is -2.26. The number of hydrogen-bond acceptors (Lipinski definition) is 5. The van der Waals surface area contributed by atoms with Gasteiger partial charge < -0.3 is 10.1 Å². The number of rotatable bonds is 5. The second-order valence-corrected chi connectivity index (χ2v) is 6.52. The minimum absolute atomic E-state index is 0.105. The maximum atomic E-state index is 13.6. The molecule has 0 bridgehead atoms. The van der Waals surface area contributed by atoms with Gasteiger partial charge in [-0.05, 0) is 29.8 Å². The number of nitrogens with zero attached hydrogens (tertiary/aromatic N) is 4. The fourth-order valence-corrected chi connectivity index (χ4v) is 2.83. The van der Waals surface area contributed by atoms with Crippen LogP contribution in [0, 0.1) is 5.82 Å². The van der Waals surface area contributed by atoms with Crippen LogP contribution in [-0.4, -0.2) is 33.0 Å². The zero-order valence-corrected chi connectivity index (χ0v) is 16.3. The first-order valence-corrected chi connectivity index (χ1v) is 8.75. The summed E-state index contributed by atoms with van der Waals surface area (Å²) in [6.45, 7) is -0.192. The molecule has 29 heavy (non-hydrogen) atoms. The number of amides is 1. The Kier molecular flexibility index (Phi) is 5.82. The Labute approximate surface area is 169 Å². The first-order chi connectivity index (χ1) is 13.7. The van der Waals surface area contributed by atoms with Crippen LogP contribution >= 0.6 is 15.9 Å². The number of methoxy groups -OCH3 is 1. The molecular weight excluding hydrogens is 462 g/mol. The average Bonchev–Trinajstić information content (AvgIpc) is 3.14. The van der Waals surface area contributed by atoms with Gasteiger partial charge in [0.05, 0.1) is 18.9 Å². The van der Waals surface area contributed by atoms with E-state index in [0.717, 1.165) is 12.3 Å². The van der Waals surface area contributed by atoms with Crippen LogP contribution in [0.1, 0.15) is 21.6 Å². The van der Waals surface area contributed by atoms with Crippen molar-refractivity contribution in [1.82, 2.24) is 25.3 Å². The van der Waals surface area contributed by atoms with Crippen LogP contribution in [0.5, 0.6) is 5.88 Å². The van der Waals surface area contributed by atoms with Crippen molar-refractivity contribution in [2.45, 2.75) is 12.7 Å². The molecule has 2 aromatic heterocycles. The number of hydrogen-bond donors (Lipinski definition) is 1. The van der Waals surface area contributed by atoms with E-state index in [1.54, 1.807) is 0 Å². The molecule has 0 aliphatic rings. The van der Waals surface area contributed by atoms with E-state index < -0.39 is 29.2 Å². The van der Waals surface area contributed by atoms with Gasteiger partial charge in [0.15, 0.2) is 11.5 Å². The predicted octanol–water partition coefficient (Wildman–Crippen LogP) is 3.52. The summed E-state index contributed by atoms with van der Waals surface area (Å²) in [5.74, 6) is -1.71. The predicted molar refractivity (Wildman–Crippen MR) is 96.0 cm³/mol. The van der Waals surface area contributed by atoms with Crippen LogP contribution < -0.4 is 10.1 Å². The first kappa shape index (κ1) is 20.7. The number of carbonyl (C=O) groups is 1. The maximum absolute atomic E-state index is 13.6. The zero-order chi connectivity index (χ0) is 21.2. The van der Waals surface area contributed by atoms with Crippen molar-refractivity contribution in [3.8, 4) is 11.7 Å². The van der Waals surface area contributed by atoms with Gasteiger partial charge in [0.2, 0.25) is 5.88 Å². The van der Waals surface area contributed by atoms with Gasteiger partial charge in [-0.25, -0.2) is 9.07 Å². The molecule has 0 unspecified atom stereocenters. The standard InChI is InChI=1S/C17H12BrF4N5O2/c1-29-14-5-4-13(25-26-14)27-15(17(20,21)22)11(8-24-27)16(28)23-7-9-6-10(19)2-3-12(9)18/h2-6,8H,7H2,1H3,(H,23,28). The average molecular weight is 474 g/mol. The van der Waals surface area contributed by atoms with E-state index in [1.807, 2.05) is 0 Å². The van der Waals surface area contributed by atoms with Crippen molar-refractivity contribution >= 4 is 21.8 Å². The highest BCUT2D eigenvalue weighted by Crippen LogP contribution is 2.33. The highest BCUT2D eigenvalue weighted by atomic mass is 79.9.